The van der Waals surface area contributed by atoms with E-state index in [-0.39, 0.29) is 23.0 Å². The number of hydrogen-bond donors (Lipinski definition) is 0. The molecule has 1 aliphatic carbocycles. The normalized spacial score (nSPS) is 14.4. The molecule has 4 aromatic rings. The fraction of sp³-hybridized carbons (Fsp3) is 0.250. The fourth-order valence-corrected chi connectivity index (χ4v) is 6.67. The second kappa shape index (κ2) is 12.3. The number of carbonyl (C=O) groups is 1. The lowest BCUT2D eigenvalue weighted by molar-refractivity contribution is 0.0818. The van der Waals surface area contributed by atoms with Crippen LogP contribution in [0.3, 0.4) is 0 Å². The highest BCUT2D eigenvalue weighted by Crippen LogP contribution is 2.38. The lowest BCUT2D eigenvalue weighted by Crippen LogP contribution is -2.41. The number of carbonyl (C=O) groups excluding carboxylic acids is 1. The van der Waals surface area contributed by atoms with Gasteiger partial charge in [-0.3, -0.25) is 9.78 Å². The molecule has 3 aromatic carbocycles. The van der Waals surface area contributed by atoms with Gasteiger partial charge in [0.15, 0.2) is 11.5 Å². The van der Waals surface area contributed by atoms with Gasteiger partial charge in [0.1, 0.15) is 0 Å². The van der Waals surface area contributed by atoms with Crippen LogP contribution in [0.4, 0.5) is 0 Å². The standard InChI is InChI=1S/C32H32N2O5S/c1-38-30-17-16-26(23-31(30)39-27-12-8-9-13-27)29(22-24-18-20-33-21-19-24)34(32(35)25-10-4-2-5-11-25)40(36,37)28-14-6-3-7-15-28/h2-7,10-11,14-21,23,27,29H,8-9,12-13,22H2,1H3. The fourth-order valence-electron chi connectivity index (χ4n) is 5.09. The Kier molecular flexibility index (Phi) is 8.45. The summed E-state index contributed by atoms with van der Waals surface area (Å²) < 4.78 is 41.5. The smallest absolute Gasteiger partial charge is 0.268 e. The summed E-state index contributed by atoms with van der Waals surface area (Å²) in [7, 11) is -2.69. The Labute approximate surface area is 235 Å². The minimum Gasteiger partial charge on any atom is -0.493 e. The second-order valence-corrected chi connectivity index (χ2v) is 11.6. The zero-order valence-corrected chi connectivity index (χ0v) is 23.2. The average molecular weight is 557 g/mol. The van der Waals surface area contributed by atoms with Gasteiger partial charge < -0.3 is 9.47 Å². The Balaban J connectivity index is 1.67. The molecule has 8 heteroatoms. The van der Waals surface area contributed by atoms with E-state index in [4.69, 9.17) is 9.47 Å². The largest absolute Gasteiger partial charge is 0.493 e. The third-order valence-corrected chi connectivity index (χ3v) is 8.96. The Morgan fingerprint density at radius 1 is 0.900 bits per heavy atom. The highest BCUT2D eigenvalue weighted by molar-refractivity contribution is 7.89. The molecule has 7 nitrogen and oxygen atoms in total. The molecule has 1 atom stereocenters. The van der Waals surface area contributed by atoms with Crippen molar-refractivity contribution in [3.63, 3.8) is 0 Å². The molecule has 40 heavy (non-hydrogen) atoms. The summed E-state index contributed by atoms with van der Waals surface area (Å²) in [6, 6.07) is 24.7. The molecule has 206 valence electrons. The summed E-state index contributed by atoms with van der Waals surface area (Å²) in [5, 5.41) is 0. The highest BCUT2D eigenvalue weighted by Gasteiger charge is 2.38. The number of pyridine rings is 1. The summed E-state index contributed by atoms with van der Waals surface area (Å²) in [5.41, 5.74) is 1.73. The van der Waals surface area contributed by atoms with Crippen molar-refractivity contribution in [1.29, 1.82) is 0 Å². The monoisotopic (exact) mass is 556 g/mol. The van der Waals surface area contributed by atoms with Gasteiger partial charge >= 0.3 is 0 Å². The third-order valence-electron chi connectivity index (χ3n) is 7.15. The molecule has 1 aromatic heterocycles. The molecule has 0 bridgehead atoms. The predicted octanol–water partition coefficient (Wildman–Crippen LogP) is 6.23. The Morgan fingerprint density at radius 3 is 2.20 bits per heavy atom. The number of aromatic nitrogens is 1. The van der Waals surface area contributed by atoms with Crippen molar-refractivity contribution in [1.82, 2.24) is 9.29 Å². The van der Waals surface area contributed by atoms with Gasteiger partial charge in [0, 0.05) is 18.0 Å². The third kappa shape index (κ3) is 6.02. The van der Waals surface area contributed by atoms with Crippen LogP contribution in [0.25, 0.3) is 0 Å². The van der Waals surface area contributed by atoms with Gasteiger partial charge in [-0.2, -0.15) is 0 Å². The van der Waals surface area contributed by atoms with Gasteiger partial charge in [-0.1, -0.05) is 42.5 Å². The molecule has 1 fully saturated rings. The lowest BCUT2D eigenvalue weighted by Gasteiger charge is -2.32. The molecular formula is C32H32N2O5S. The van der Waals surface area contributed by atoms with Gasteiger partial charge in [-0.25, -0.2) is 12.7 Å². The van der Waals surface area contributed by atoms with Crippen molar-refractivity contribution in [3.8, 4) is 11.5 Å². The molecule has 0 aliphatic heterocycles. The van der Waals surface area contributed by atoms with Crippen LogP contribution >= 0.6 is 0 Å². The molecule has 1 heterocycles. The van der Waals surface area contributed by atoms with Crippen LogP contribution in [-0.4, -0.2) is 36.8 Å². The van der Waals surface area contributed by atoms with E-state index in [1.165, 1.54) is 12.1 Å². The van der Waals surface area contributed by atoms with Crippen molar-refractivity contribution in [2.75, 3.05) is 7.11 Å². The topological polar surface area (TPSA) is 85.8 Å². The van der Waals surface area contributed by atoms with Crippen LogP contribution in [0.15, 0.2) is 108 Å². The lowest BCUT2D eigenvalue weighted by atomic mass is 9.98. The molecule has 0 radical (unpaired) electrons. The molecule has 1 unspecified atom stereocenters. The van der Waals surface area contributed by atoms with Crippen LogP contribution in [0.5, 0.6) is 11.5 Å². The van der Waals surface area contributed by atoms with E-state index in [0.717, 1.165) is 35.6 Å². The van der Waals surface area contributed by atoms with Gasteiger partial charge in [-0.05, 0) is 91.8 Å². The number of benzene rings is 3. The molecule has 0 spiro atoms. The van der Waals surface area contributed by atoms with Gasteiger partial charge in [0.05, 0.1) is 24.2 Å². The number of hydrogen-bond acceptors (Lipinski definition) is 6. The number of rotatable bonds is 10. The zero-order valence-electron chi connectivity index (χ0n) is 22.3. The van der Waals surface area contributed by atoms with Crippen molar-refractivity contribution in [2.24, 2.45) is 0 Å². The van der Waals surface area contributed by atoms with E-state index in [0.29, 0.717) is 17.1 Å². The molecule has 1 saturated carbocycles. The molecule has 0 N–H and O–H groups in total. The van der Waals surface area contributed by atoms with Crippen LogP contribution in [-0.2, 0) is 16.4 Å². The average Bonchev–Trinajstić information content (AvgIpc) is 3.51. The SMILES string of the molecule is COc1ccc(C(Cc2ccncc2)N(C(=O)c2ccccc2)S(=O)(=O)c2ccccc2)cc1OC1CCCC1. The molecule has 5 rings (SSSR count). The Morgan fingerprint density at radius 2 is 1.55 bits per heavy atom. The van der Waals surface area contributed by atoms with Crippen LogP contribution in [0, 0.1) is 0 Å². The predicted molar refractivity (Wildman–Crippen MR) is 153 cm³/mol. The molecule has 1 amide bonds. The van der Waals surface area contributed by atoms with Gasteiger partial charge in [-0.15, -0.1) is 0 Å². The maximum Gasteiger partial charge on any atom is 0.268 e. The molecular weight excluding hydrogens is 524 g/mol. The summed E-state index contributed by atoms with van der Waals surface area (Å²) in [6.45, 7) is 0. The maximum absolute atomic E-state index is 14.3. The molecule has 1 aliphatic rings. The zero-order chi connectivity index (χ0) is 28.0. The van der Waals surface area contributed by atoms with Gasteiger partial charge in [0.2, 0.25) is 0 Å². The minimum atomic E-state index is -4.27. The maximum atomic E-state index is 14.3. The number of ether oxygens (including phenoxy) is 2. The van der Waals surface area contributed by atoms with E-state index >= 15 is 0 Å². The first-order chi connectivity index (χ1) is 19.5. The Bertz CT molecular complexity index is 1520. The van der Waals surface area contributed by atoms with Crippen molar-refractivity contribution < 1.29 is 22.7 Å². The number of nitrogens with zero attached hydrogens (tertiary/aromatic N) is 2. The minimum absolute atomic E-state index is 0.0370. The van der Waals surface area contributed by atoms with Crippen molar-refractivity contribution >= 4 is 15.9 Å². The van der Waals surface area contributed by atoms with Crippen LogP contribution in [0.2, 0.25) is 0 Å². The Hall–Kier alpha value is -4.17. The number of amides is 1. The van der Waals surface area contributed by atoms with E-state index in [2.05, 4.69) is 4.98 Å². The number of sulfonamides is 1. The first-order valence-corrected chi connectivity index (χ1v) is 14.8. The van der Waals surface area contributed by atoms with E-state index < -0.39 is 22.0 Å². The van der Waals surface area contributed by atoms with Gasteiger partial charge in [0.25, 0.3) is 15.9 Å². The van der Waals surface area contributed by atoms with Crippen LogP contribution in [0.1, 0.15) is 53.2 Å². The highest BCUT2D eigenvalue weighted by atomic mass is 32.2. The van der Waals surface area contributed by atoms with Crippen molar-refractivity contribution in [3.05, 3.63) is 120 Å². The van der Waals surface area contributed by atoms with Crippen LogP contribution < -0.4 is 9.47 Å². The van der Waals surface area contributed by atoms with E-state index in [9.17, 15) is 13.2 Å². The quantitative estimate of drug-likeness (QED) is 0.230. The number of methoxy groups -OCH3 is 1. The first-order valence-electron chi connectivity index (χ1n) is 13.4. The summed E-state index contributed by atoms with van der Waals surface area (Å²) in [6.07, 6.45) is 7.73. The summed E-state index contributed by atoms with van der Waals surface area (Å²) >= 11 is 0. The van der Waals surface area contributed by atoms with Crippen molar-refractivity contribution in [2.45, 2.75) is 49.1 Å². The molecule has 0 saturated heterocycles. The van der Waals surface area contributed by atoms with E-state index in [1.807, 2.05) is 18.2 Å². The van der Waals surface area contributed by atoms with E-state index in [1.54, 1.807) is 80.2 Å². The first kappa shape index (κ1) is 27.4. The summed E-state index contributed by atoms with van der Waals surface area (Å²) in [5.74, 6) is 0.485. The summed E-state index contributed by atoms with van der Waals surface area (Å²) in [4.78, 5) is 18.3. The second-order valence-electron chi connectivity index (χ2n) is 9.80.